The SMILES string of the molecule is CCCN1C(=O)[C@H]2[C@H](CC=C3[C@H]2C[C@H]2C(=O)N(c4cc(-c5sc6ccc(Cl)cc6c5C)nn4C)C(=O)[C@@]2(C)[C@H]3c2cccc(OC)c2O)C1=O. The van der Waals surface area contributed by atoms with Crippen molar-refractivity contribution >= 4 is 62.5 Å². The van der Waals surface area contributed by atoms with Crippen molar-refractivity contribution in [1.29, 1.82) is 0 Å². The number of nitrogens with zero attached hydrogens (tertiary/aromatic N) is 4. The van der Waals surface area contributed by atoms with Crippen molar-refractivity contribution in [3.05, 3.63) is 70.3 Å². The number of ether oxygens (including phenoxy) is 1. The van der Waals surface area contributed by atoms with Gasteiger partial charge in [0.15, 0.2) is 11.5 Å². The van der Waals surface area contributed by atoms with Gasteiger partial charge in [-0.3, -0.25) is 28.8 Å². The summed E-state index contributed by atoms with van der Waals surface area (Å²) < 4.78 is 8.09. The van der Waals surface area contributed by atoms with E-state index in [2.05, 4.69) is 0 Å². The molecule has 2 saturated heterocycles. The number of benzene rings is 2. The summed E-state index contributed by atoms with van der Waals surface area (Å²) in [5, 5.41) is 18.0. The number of hydrogen-bond acceptors (Lipinski definition) is 8. The zero-order valence-corrected chi connectivity index (χ0v) is 30.0. The van der Waals surface area contributed by atoms with Crippen LogP contribution in [0.25, 0.3) is 20.7 Å². The Morgan fingerprint density at radius 2 is 1.86 bits per heavy atom. The Morgan fingerprint density at radius 3 is 2.60 bits per heavy atom. The van der Waals surface area contributed by atoms with Crippen LogP contribution >= 0.6 is 22.9 Å². The molecule has 4 amide bonds. The number of amides is 4. The fraction of sp³-hybridized carbons (Fsp3) is 0.395. The molecular formula is C38H37ClN4O6S. The normalized spacial score (nSPS) is 27.6. The van der Waals surface area contributed by atoms with E-state index in [1.807, 2.05) is 38.1 Å². The largest absolute Gasteiger partial charge is 0.504 e. The molecule has 258 valence electrons. The maximum atomic E-state index is 15.0. The van der Waals surface area contributed by atoms with E-state index in [1.165, 1.54) is 16.9 Å². The average Bonchev–Trinajstić information content (AvgIpc) is 3.76. The number of aromatic nitrogens is 2. The van der Waals surface area contributed by atoms with Crippen LogP contribution in [0.3, 0.4) is 0 Å². The van der Waals surface area contributed by atoms with Crippen LogP contribution < -0.4 is 9.64 Å². The van der Waals surface area contributed by atoms with Crippen LogP contribution in [0.2, 0.25) is 5.02 Å². The Balaban J connectivity index is 1.26. The summed E-state index contributed by atoms with van der Waals surface area (Å²) in [7, 11) is 3.17. The predicted octanol–water partition coefficient (Wildman–Crippen LogP) is 6.62. The molecule has 50 heavy (non-hydrogen) atoms. The number of halogens is 1. The van der Waals surface area contributed by atoms with Gasteiger partial charge in [0.2, 0.25) is 23.6 Å². The molecule has 1 N–H and O–H groups in total. The number of phenolic OH excluding ortho intramolecular Hbond substituents is 1. The van der Waals surface area contributed by atoms with Crippen molar-refractivity contribution in [3.8, 4) is 22.1 Å². The van der Waals surface area contributed by atoms with Crippen molar-refractivity contribution in [1.82, 2.24) is 14.7 Å². The fourth-order valence-corrected chi connectivity index (χ4v) is 10.6. The lowest BCUT2D eigenvalue weighted by Gasteiger charge is -2.49. The summed E-state index contributed by atoms with van der Waals surface area (Å²) >= 11 is 7.87. The molecule has 0 radical (unpaired) electrons. The number of aromatic hydroxyl groups is 1. The number of para-hydroxylation sites is 1. The average molecular weight is 713 g/mol. The molecule has 2 aromatic heterocycles. The monoisotopic (exact) mass is 712 g/mol. The highest BCUT2D eigenvalue weighted by Crippen LogP contribution is 2.65. The van der Waals surface area contributed by atoms with Crippen LogP contribution in [0.4, 0.5) is 5.82 Å². The molecular weight excluding hydrogens is 676 g/mol. The molecule has 8 rings (SSSR count). The molecule has 2 aliphatic carbocycles. The molecule has 2 aliphatic heterocycles. The molecule has 2 aromatic carbocycles. The van der Waals surface area contributed by atoms with Crippen molar-refractivity contribution < 1.29 is 29.0 Å². The molecule has 0 bridgehead atoms. The minimum atomic E-state index is -1.32. The molecule has 3 fully saturated rings. The Labute approximate surface area is 298 Å². The number of phenols is 1. The van der Waals surface area contributed by atoms with Crippen LogP contribution in [0.1, 0.15) is 50.2 Å². The number of rotatable bonds is 6. The van der Waals surface area contributed by atoms with Gasteiger partial charge < -0.3 is 9.84 Å². The third-order valence-corrected chi connectivity index (χ3v) is 13.1. The van der Waals surface area contributed by atoms with Crippen molar-refractivity contribution in [2.75, 3.05) is 18.6 Å². The van der Waals surface area contributed by atoms with Crippen LogP contribution in [0.15, 0.2) is 54.1 Å². The molecule has 4 aliphatic rings. The molecule has 4 heterocycles. The van der Waals surface area contributed by atoms with E-state index in [1.54, 1.807) is 54.3 Å². The zero-order valence-electron chi connectivity index (χ0n) is 28.4. The molecule has 6 atom stereocenters. The lowest BCUT2D eigenvalue weighted by Crippen LogP contribution is -2.49. The van der Waals surface area contributed by atoms with Gasteiger partial charge in [-0.25, -0.2) is 4.90 Å². The topological polar surface area (TPSA) is 122 Å². The summed E-state index contributed by atoms with van der Waals surface area (Å²) in [6.45, 7) is 6.07. The number of methoxy groups -OCH3 is 1. The number of carbonyl (C=O) groups excluding carboxylic acids is 4. The number of anilines is 1. The number of allylic oxidation sites excluding steroid dienone is 2. The van der Waals surface area contributed by atoms with Gasteiger partial charge in [-0.2, -0.15) is 5.10 Å². The Bertz CT molecular complexity index is 2190. The first-order valence-corrected chi connectivity index (χ1v) is 18.1. The number of carbonyl (C=O) groups is 4. The summed E-state index contributed by atoms with van der Waals surface area (Å²) in [5.74, 6) is -3.94. The van der Waals surface area contributed by atoms with Gasteiger partial charge in [-0.05, 0) is 74.2 Å². The van der Waals surface area contributed by atoms with Crippen molar-refractivity contribution in [3.63, 3.8) is 0 Å². The molecule has 12 heteroatoms. The number of hydrogen-bond donors (Lipinski definition) is 1. The first-order valence-electron chi connectivity index (χ1n) is 16.9. The van der Waals surface area contributed by atoms with E-state index in [0.29, 0.717) is 41.5 Å². The third-order valence-electron chi connectivity index (χ3n) is 11.6. The first-order chi connectivity index (χ1) is 23.9. The van der Waals surface area contributed by atoms with E-state index in [4.69, 9.17) is 21.4 Å². The smallest absolute Gasteiger partial charge is 0.242 e. The summed E-state index contributed by atoms with van der Waals surface area (Å²) in [6, 6.07) is 12.7. The van der Waals surface area contributed by atoms with Crippen molar-refractivity contribution in [2.45, 2.75) is 46.0 Å². The highest BCUT2D eigenvalue weighted by Gasteiger charge is 2.68. The number of aryl methyl sites for hydroxylation is 2. The van der Waals surface area contributed by atoms with E-state index in [0.717, 1.165) is 26.1 Å². The zero-order chi connectivity index (χ0) is 35.4. The number of imide groups is 2. The highest BCUT2D eigenvalue weighted by molar-refractivity contribution is 7.22. The summed E-state index contributed by atoms with van der Waals surface area (Å²) in [5.41, 5.74) is 1.57. The van der Waals surface area contributed by atoms with Crippen molar-refractivity contribution in [2.24, 2.45) is 36.1 Å². The minimum absolute atomic E-state index is 0.119. The van der Waals surface area contributed by atoms with Gasteiger partial charge in [-0.15, -0.1) is 11.3 Å². The molecule has 0 spiro atoms. The second-order valence-corrected chi connectivity index (χ2v) is 15.6. The van der Waals surface area contributed by atoms with Gasteiger partial charge in [0.05, 0.1) is 35.2 Å². The lowest BCUT2D eigenvalue weighted by molar-refractivity contribution is -0.140. The van der Waals surface area contributed by atoms with Gasteiger partial charge in [-0.1, -0.05) is 42.3 Å². The standard InChI is InChI=1S/C38H37ClN4O6S/c1-6-14-42-34(45)21-12-11-20-24(30(21)36(42)47)16-25-35(46)43(37(48)38(25,3)31(20)22-8-7-9-27(49-5)32(22)44)29-17-26(40-41(29)4)33-18(2)23-15-19(39)10-13-28(23)50-33/h7-11,13,15,17,21,24-25,30-31,44H,6,12,14,16H2,1-5H3/t21-,24+,25-,30-,31+,38+/m0/s1. The molecule has 0 unspecified atom stereocenters. The molecule has 1 saturated carbocycles. The predicted molar refractivity (Wildman–Crippen MR) is 190 cm³/mol. The molecule has 10 nitrogen and oxygen atoms in total. The number of fused-ring (bicyclic) bond motifs is 5. The Morgan fingerprint density at radius 1 is 1.08 bits per heavy atom. The maximum absolute atomic E-state index is 15.0. The van der Waals surface area contributed by atoms with Gasteiger partial charge in [0.25, 0.3) is 0 Å². The van der Waals surface area contributed by atoms with Gasteiger partial charge in [0, 0.05) is 40.9 Å². The summed E-state index contributed by atoms with van der Waals surface area (Å²) in [4.78, 5) is 60.7. The third kappa shape index (κ3) is 4.35. The van der Waals surface area contributed by atoms with Gasteiger partial charge in [0.1, 0.15) is 11.5 Å². The fourth-order valence-electron chi connectivity index (χ4n) is 9.24. The van der Waals surface area contributed by atoms with Crippen LogP contribution in [-0.2, 0) is 26.2 Å². The van der Waals surface area contributed by atoms with E-state index < -0.39 is 40.9 Å². The second-order valence-electron chi connectivity index (χ2n) is 14.1. The number of thiophene rings is 1. The van der Waals surface area contributed by atoms with E-state index in [-0.39, 0.29) is 35.6 Å². The lowest BCUT2D eigenvalue weighted by atomic mass is 9.51. The minimum Gasteiger partial charge on any atom is -0.504 e. The second kappa shape index (κ2) is 11.5. The van der Waals surface area contributed by atoms with E-state index in [9.17, 15) is 19.5 Å². The highest BCUT2D eigenvalue weighted by atomic mass is 35.5. The van der Waals surface area contributed by atoms with Crippen LogP contribution in [0, 0.1) is 36.0 Å². The van der Waals surface area contributed by atoms with E-state index >= 15 is 4.79 Å². The Kier molecular flexibility index (Phi) is 7.54. The first kappa shape index (κ1) is 32.7. The summed E-state index contributed by atoms with van der Waals surface area (Å²) in [6.07, 6.45) is 3.20. The van der Waals surface area contributed by atoms with Gasteiger partial charge >= 0.3 is 0 Å². The van der Waals surface area contributed by atoms with Crippen LogP contribution in [-0.4, -0.2) is 57.1 Å². The van der Waals surface area contributed by atoms with Crippen LogP contribution in [0.5, 0.6) is 11.5 Å². The number of likely N-dealkylation sites (tertiary alicyclic amines) is 1. The maximum Gasteiger partial charge on any atom is 0.242 e. The Hall–Kier alpha value is -4.48. The quantitative estimate of drug-likeness (QED) is 0.176. The molecule has 4 aromatic rings.